The molecule has 2 N–H and O–H groups in total. The van der Waals surface area contributed by atoms with Gasteiger partial charge in [0.1, 0.15) is 0 Å². The highest BCUT2D eigenvalue weighted by Crippen LogP contribution is 2.40. The highest BCUT2D eigenvalue weighted by molar-refractivity contribution is 5.27. The Hall–Kier alpha value is -0.860. The normalized spacial score (nSPS) is 35.4. The summed E-state index contributed by atoms with van der Waals surface area (Å²) in [6.45, 7) is 4.66. The van der Waals surface area contributed by atoms with Crippen molar-refractivity contribution in [3.8, 4) is 0 Å². The second kappa shape index (κ2) is 5.02. The molecule has 2 nitrogen and oxygen atoms in total. The van der Waals surface area contributed by atoms with Gasteiger partial charge in [0.2, 0.25) is 0 Å². The maximum atomic E-state index is 3.75. The molecule has 0 bridgehead atoms. The molecule has 2 fully saturated rings. The summed E-state index contributed by atoms with van der Waals surface area (Å²) in [5.41, 5.74) is 1.82. The summed E-state index contributed by atoms with van der Waals surface area (Å²) in [6, 6.07) is 11.6. The molecule has 1 aliphatic carbocycles. The number of nitrogens with one attached hydrogen (secondary N) is 2. The summed E-state index contributed by atoms with van der Waals surface area (Å²) < 4.78 is 0. The summed E-state index contributed by atoms with van der Waals surface area (Å²) in [7, 11) is 0. The van der Waals surface area contributed by atoms with Crippen molar-refractivity contribution in [1.29, 1.82) is 0 Å². The predicted molar refractivity (Wildman–Crippen MR) is 75.8 cm³/mol. The Morgan fingerprint density at radius 2 is 2.11 bits per heavy atom. The van der Waals surface area contributed by atoms with Crippen molar-refractivity contribution >= 4 is 0 Å². The zero-order chi connectivity index (χ0) is 12.4. The molecule has 1 saturated carbocycles. The Morgan fingerprint density at radius 3 is 2.83 bits per heavy atom. The molecule has 3 atom stereocenters. The zero-order valence-corrected chi connectivity index (χ0v) is 11.3. The van der Waals surface area contributed by atoms with Gasteiger partial charge >= 0.3 is 0 Å². The molecule has 1 aliphatic heterocycles. The largest absolute Gasteiger partial charge is 0.312 e. The molecule has 1 aromatic carbocycles. The van der Waals surface area contributed by atoms with Gasteiger partial charge in [-0.2, -0.15) is 0 Å². The molecule has 1 aromatic rings. The molecule has 0 radical (unpaired) electrons. The number of rotatable bonds is 4. The predicted octanol–water partition coefficient (Wildman–Crippen LogP) is 2.66. The average Bonchev–Trinajstić information content (AvgIpc) is 3.18. The molecule has 1 heterocycles. The summed E-state index contributed by atoms with van der Waals surface area (Å²) in [5.74, 6) is 0.749. The van der Waals surface area contributed by atoms with Crippen LogP contribution in [0.2, 0.25) is 0 Å². The highest BCUT2D eigenvalue weighted by atomic mass is 15.1. The van der Waals surface area contributed by atoms with Gasteiger partial charge in [-0.15, -0.1) is 0 Å². The molecule has 0 spiro atoms. The van der Waals surface area contributed by atoms with E-state index in [4.69, 9.17) is 0 Å². The minimum Gasteiger partial charge on any atom is -0.312 e. The maximum Gasteiger partial charge on any atom is 0.0278 e. The van der Waals surface area contributed by atoms with E-state index in [0.717, 1.165) is 12.5 Å². The molecule has 3 unspecified atom stereocenters. The van der Waals surface area contributed by atoms with Crippen molar-refractivity contribution < 1.29 is 0 Å². The van der Waals surface area contributed by atoms with Crippen molar-refractivity contribution in [2.24, 2.45) is 0 Å². The SMILES string of the molecule is CC1(CNC2CC2c2ccccc2)CCCCN1. The van der Waals surface area contributed by atoms with E-state index in [-0.39, 0.29) is 0 Å². The third kappa shape index (κ3) is 2.76. The van der Waals surface area contributed by atoms with E-state index >= 15 is 0 Å². The van der Waals surface area contributed by atoms with Crippen molar-refractivity contribution in [3.63, 3.8) is 0 Å². The summed E-state index contributed by atoms with van der Waals surface area (Å²) in [6.07, 6.45) is 5.33. The molecule has 2 aliphatic rings. The summed E-state index contributed by atoms with van der Waals surface area (Å²) in [5, 5.41) is 7.42. The van der Waals surface area contributed by atoms with E-state index in [9.17, 15) is 0 Å². The average molecular weight is 244 g/mol. The first kappa shape index (κ1) is 12.2. The van der Waals surface area contributed by atoms with E-state index in [1.165, 1.54) is 37.8 Å². The van der Waals surface area contributed by atoms with Gasteiger partial charge in [-0.1, -0.05) is 36.8 Å². The van der Waals surface area contributed by atoms with Crippen LogP contribution in [0.3, 0.4) is 0 Å². The fraction of sp³-hybridized carbons (Fsp3) is 0.625. The number of benzene rings is 1. The molecule has 98 valence electrons. The molecule has 18 heavy (non-hydrogen) atoms. The summed E-state index contributed by atoms with van der Waals surface area (Å²) in [4.78, 5) is 0. The van der Waals surface area contributed by atoms with Crippen LogP contribution in [-0.2, 0) is 0 Å². The molecule has 0 amide bonds. The zero-order valence-electron chi connectivity index (χ0n) is 11.3. The van der Waals surface area contributed by atoms with Gasteiger partial charge in [-0.3, -0.25) is 0 Å². The quantitative estimate of drug-likeness (QED) is 0.851. The van der Waals surface area contributed by atoms with Gasteiger partial charge in [0.05, 0.1) is 0 Å². The first-order chi connectivity index (χ1) is 8.77. The van der Waals surface area contributed by atoms with Crippen LogP contribution >= 0.6 is 0 Å². The molecule has 1 saturated heterocycles. The maximum absolute atomic E-state index is 3.75. The number of piperidine rings is 1. The Labute approximate surface area is 110 Å². The molecule has 3 rings (SSSR count). The van der Waals surface area contributed by atoms with Gasteiger partial charge in [-0.05, 0) is 38.3 Å². The first-order valence-corrected chi connectivity index (χ1v) is 7.30. The second-order valence-electron chi connectivity index (χ2n) is 6.18. The lowest BCUT2D eigenvalue weighted by molar-refractivity contribution is 0.266. The lowest BCUT2D eigenvalue weighted by Crippen LogP contribution is -2.53. The van der Waals surface area contributed by atoms with Crippen LogP contribution < -0.4 is 10.6 Å². The second-order valence-corrected chi connectivity index (χ2v) is 6.18. The highest BCUT2D eigenvalue weighted by Gasteiger charge is 2.39. The van der Waals surface area contributed by atoms with Crippen molar-refractivity contribution in [1.82, 2.24) is 10.6 Å². The fourth-order valence-electron chi connectivity index (χ4n) is 3.12. The van der Waals surface area contributed by atoms with Crippen LogP contribution in [0, 0.1) is 0 Å². The van der Waals surface area contributed by atoms with Crippen LogP contribution in [0.5, 0.6) is 0 Å². The van der Waals surface area contributed by atoms with E-state index in [2.05, 4.69) is 47.9 Å². The molecule has 2 heteroatoms. The van der Waals surface area contributed by atoms with Crippen LogP contribution in [0.25, 0.3) is 0 Å². The molecular formula is C16H24N2. The van der Waals surface area contributed by atoms with E-state index in [1.54, 1.807) is 0 Å². The Bertz CT molecular complexity index is 381. The molecule has 0 aromatic heterocycles. The Kier molecular flexibility index (Phi) is 3.40. The number of hydrogen-bond donors (Lipinski definition) is 2. The van der Waals surface area contributed by atoms with E-state index in [1.807, 2.05) is 0 Å². The van der Waals surface area contributed by atoms with Gasteiger partial charge < -0.3 is 10.6 Å². The monoisotopic (exact) mass is 244 g/mol. The third-order valence-electron chi connectivity index (χ3n) is 4.48. The third-order valence-corrected chi connectivity index (χ3v) is 4.48. The lowest BCUT2D eigenvalue weighted by Gasteiger charge is -2.35. The lowest BCUT2D eigenvalue weighted by atomic mass is 9.91. The minimum atomic E-state index is 0.322. The van der Waals surface area contributed by atoms with Crippen molar-refractivity contribution in [2.45, 2.75) is 50.1 Å². The van der Waals surface area contributed by atoms with Crippen LogP contribution in [0.15, 0.2) is 30.3 Å². The van der Waals surface area contributed by atoms with Gasteiger partial charge in [0.15, 0.2) is 0 Å². The fourth-order valence-corrected chi connectivity index (χ4v) is 3.12. The van der Waals surface area contributed by atoms with Crippen molar-refractivity contribution in [2.75, 3.05) is 13.1 Å². The van der Waals surface area contributed by atoms with Crippen molar-refractivity contribution in [3.05, 3.63) is 35.9 Å². The van der Waals surface area contributed by atoms with E-state index in [0.29, 0.717) is 11.6 Å². The van der Waals surface area contributed by atoms with Gasteiger partial charge in [-0.25, -0.2) is 0 Å². The standard InChI is InChI=1S/C16H24N2/c1-16(9-5-6-10-18-16)12-17-15-11-14(15)13-7-3-2-4-8-13/h2-4,7-8,14-15,17-18H,5-6,9-12H2,1H3. The Balaban J connectivity index is 1.48. The van der Waals surface area contributed by atoms with Gasteiger partial charge in [0.25, 0.3) is 0 Å². The minimum absolute atomic E-state index is 0.322. The molecular weight excluding hydrogens is 220 g/mol. The van der Waals surface area contributed by atoms with Gasteiger partial charge in [0, 0.05) is 24.0 Å². The van der Waals surface area contributed by atoms with Crippen LogP contribution in [0.4, 0.5) is 0 Å². The Morgan fingerprint density at radius 1 is 1.28 bits per heavy atom. The topological polar surface area (TPSA) is 24.1 Å². The smallest absolute Gasteiger partial charge is 0.0278 e. The van der Waals surface area contributed by atoms with Crippen LogP contribution in [0.1, 0.15) is 44.1 Å². The number of hydrogen-bond acceptors (Lipinski definition) is 2. The van der Waals surface area contributed by atoms with E-state index < -0.39 is 0 Å². The summed E-state index contributed by atoms with van der Waals surface area (Å²) >= 11 is 0. The first-order valence-electron chi connectivity index (χ1n) is 7.30. The van der Waals surface area contributed by atoms with Crippen LogP contribution in [-0.4, -0.2) is 24.7 Å².